The molecule has 1 amide bonds. The number of nitrogens with zero attached hydrogens (tertiary/aromatic N) is 1. The van der Waals surface area contributed by atoms with E-state index in [0.717, 1.165) is 18.7 Å². The first-order chi connectivity index (χ1) is 10.6. The van der Waals surface area contributed by atoms with Crippen LogP contribution in [0, 0.1) is 5.92 Å². The molecule has 1 heterocycles. The second-order valence-electron chi connectivity index (χ2n) is 6.29. The number of amides is 1. The molecule has 1 saturated heterocycles. The number of hydrogen-bond acceptors (Lipinski definition) is 2. The van der Waals surface area contributed by atoms with Gasteiger partial charge in [0.2, 0.25) is 11.8 Å². The zero-order valence-electron chi connectivity index (χ0n) is 12.6. The number of piperazine rings is 1. The van der Waals surface area contributed by atoms with Gasteiger partial charge in [-0.2, -0.15) is 0 Å². The summed E-state index contributed by atoms with van der Waals surface area (Å²) in [5.74, 6) is -2.78. The SMILES string of the molecule is O=C(C1CCC(F)(F)CC1)N1CCNCC1c1ccccc1. The molecule has 1 unspecified atom stereocenters. The number of carbonyl (C=O) groups excluding carboxylic acids is 1. The normalized spacial score (nSPS) is 25.9. The number of nitrogens with one attached hydrogen (secondary N) is 1. The quantitative estimate of drug-likeness (QED) is 0.911. The lowest BCUT2D eigenvalue weighted by molar-refractivity contribution is -0.143. The molecule has 1 aromatic carbocycles. The van der Waals surface area contributed by atoms with Gasteiger partial charge in [0.1, 0.15) is 0 Å². The van der Waals surface area contributed by atoms with Gasteiger partial charge in [0.25, 0.3) is 0 Å². The summed E-state index contributed by atoms with van der Waals surface area (Å²) in [7, 11) is 0. The third kappa shape index (κ3) is 3.29. The Morgan fingerprint density at radius 2 is 1.86 bits per heavy atom. The highest BCUT2D eigenvalue weighted by Gasteiger charge is 2.40. The van der Waals surface area contributed by atoms with Crippen LogP contribution in [0.25, 0.3) is 0 Å². The van der Waals surface area contributed by atoms with E-state index in [4.69, 9.17) is 0 Å². The summed E-state index contributed by atoms with van der Waals surface area (Å²) < 4.78 is 26.6. The molecule has 0 bridgehead atoms. The number of rotatable bonds is 2. The molecule has 3 rings (SSSR count). The molecular formula is C17H22F2N2O. The Balaban J connectivity index is 1.72. The summed E-state index contributed by atoms with van der Waals surface area (Å²) in [4.78, 5) is 14.7. The molecule has 1 aromatic rings. The number of halogens is 2. The van der Waals surface area contributed by atoms with Crippen LogP contribution in [0.4, 0.5) is 8.78 Å². The molecule has 1 N–H and O–H groups in total. The molecule has 0 spiro atoms. The van der Waals surface area contributed by atoms with Crippen molar-refractivity contribution in [1.29, 1.82) is 0 Å². The molecule has 1 atom stereocenters. The van der Waals surface area contributed by atoms with Crippen molar-refractivity contribution in [3.8, 4) is 0 Å². The van der Waals surface area contributed by atoms with Crippen LogP contribution in [0.2, 0.25) is 0 Å². The van der Waals surface area contributed by atoms with Crippen molar-refractivity contribution in [3.63, 3.8) is 0 Å². The first-order valence-corrected chi connectivity index (χ1v) is 8.01. The molecule has 120 valence electrons. The monoisotopic (exact) mass is 308 g/mol. The molecule has 1 saturated carbocycles. The fourth-order valence-electron chi connectivity index (χ4n) is 3.46. The minimum Gasteiger partial charge on any atom is -0.333 e. The fraction of sp³-hybridized carbons (Fsp3) is 0.588. The van der Waals surface area contributed by atoms with E-state index < -0.39 is 5.92 Å². The van der Waals surface area contributed by atoms with Crippen LogP contribution in [0.3, 0.4) is 0 Å². The van der Waals surface area contributed by atoms with E-state index in [-0.39, 0.29) is 30.7 Å². The number of benzene rings is 1. The van der Waals surface area contributed by atoms with Crippen molar-refractivity contribution in [2.45, 2.75) is 37.6 Å². The van der Waals surface area contributed by atoms with E-state index in [9.17, 15) is 13.6 Å². The summed E-state index contributed by atoms with van der Waals surface area (Å²) in [6.45, 7) is 2.13. The maximum absolute atomic E-state index is 13.3. The first-order valence-electron chi connectivity index (χ1n) is 8.01. The number of carbonyl (C=O) groups is 1. The highest BCUT2D eigenvalue weighted by atomic mass is 19.3. The Hall–Kier alpha value is -1.49. The summed E-state index contributed by atoms with van der Waals surface area (Å²) in [5.41, 5.74) is 1.10. The van der Waals surface area contributed by atoms with Crippen molar-refractivity contribution >= 4 is 5.91 Å². The zero-order valence-corrected chi connectivity index (χ0v) is 12.6. The van der Waals surface area contributed by atoms with Crippen LogP contribution in [0.15, 0.2) is 30.3 Å². The van der Waals surface area contributed by atoms with Gasteiger partial charge >= 0.3 is 0 Å². The van der Waals surface area contributed by atoms with Crippen molar-refractivity contribution in [2.75, 3.05) is 19.6 Å². The van der Waals surface area contributed by atoms with Gasteiger partial charge in [0, 0.05) is 38.4 Å². The van der Waals surface area contributed by atoms with Crippen LogP contribution in [0.1, 0.15) is 37.3 Å². The lowest BCUT2D eigenvalue weighted by Crippen LogP contribution is -2.51. The Bertz CT molecular complexity index is 511. The molecule has 0 radical (unpaired) electrons. The van der Waals surface area contributed by atoms with Crippen LogP contribution < -0.4 is 5.32 Å². The van der Waals surface area contributed by atoms with Gasteiger partial charge < -0.3 is 10.2 Å². The highest BCUT2D eigenvalue weighted by molar-refractivity contribution is 5.79. The summed E-state index contributed by atoms with van der Waals surface area (Å²) in [5, 5.41) is 3.32. The van der Waals surface area contributed by atoms with Crippen LogP contribution in [-0.4, -0.2) is 36.4 Å². The zero-order chi connectivity index (χ0) is 15.6. The molecule has 2 aliphatic rings. The highest BCUT2D eigenvalue weighted by Crippen LogP contribution is 2.38. The number of hydrogen-bond donors (Lipinski definition) is 1. The smallest absolute Gasteiger partial charge is 0.248 e. The second-order valence-corrected chi connectivity index (χ2v) is 6.29. The molecule has 1 aliphatic heterocycles. The van der Waals surface area contributed by atoms with Crippen LogP contribution in [0.5, 0.6) is 0 Å². The topological polar surface area (TPSA) is 32.3 Å². The Kier molecular flexibility index (Phi) is 4.43. The van der Waals surface area contributed by atoms with Gasteiger partial charge in [0.05, 0.1) is 6.04 Å². The van der Waals surface area contributed by atoms with Crippen LogP contribution in [-0.2, 0) is 4.79 Å². The summed E-state index contributed by atoms with van der Waals surface area (Å²) >= 11 is 0. The van der Waals surface area contributed by atoms with Gasteiger partial charge in [-0.15, -0.1) is 0 Å². The largest absolute Gasteiger partial charge is 0.333 e. The molecule has 22 heavy (non-hydrogen) atoms. The van der Waals surface area contributed by atoms with Gasteiger partial charge in [-0.1, -0.05) is 30.3 Å². The van der Waals surface area contributed by atoms with E-state index in [2.05, 4.69) is 5.32 Å². The van der Waals surface area contributed by atoms with E-state index in [0.29, 0.717) is 19.4 Å². The minimum absolute atomic E-state index is 0.00452. The van der Waals surface area contributed by atoms with Crippen molar-refractivity contribution in [3.05, 3.63) is 35.9 Å². The molecule has 3 nitrogen and oxygen atoms in total. The lowest BCUT2D eigenvalue weighted by Gasteiger charge is -2.40. The predicted molar refractivity (Wildman–Crippen MR) is 80.7 cm³/mol. The minimum atomic E-state index is -2.58. The molecular weight excluding hydrogens is 286 g/mol. The average Bonchev–Trinajstić information content (AvgIpc) is 2.55. The maximum Gasteiger partial charge on any atom is 0.248 e. The van der Waals surface area contributed by atoms with E-state index in [1.807, 2.05) is 35.2 Å². The van der Waals surface area contributed by atoms with Crippen LogP contribution >= 0.6 is 0 Å². The van der Waals surface area contributed by atoms with E-state index in [1.165, 1.54) is 0 Å². The van der Waals surface area contributed by atoms with Crippen molar-refractivity contribution in [2.24, 2.45) is 5.92 Å². The standard InChI is InChI=1S/C17H22F2N2O/c18-17(19)8-6-14(7-9-17)16(22)21-11-10-20-12-15(21)13-4-2-1-3-5-13/h1-5,14-15,20H,6-12H2. The second kappa shape index (κ2) is 6.32. The lowest BCUT2D eigenvalue weighted by atomic mass is 9.85. The van der Waals surface area contributed by atoms with Gasteiger partial charge in [-0.25, -0.2) is 8.78 Å². The maximum atomic E-state index is 13.3. The fourth-order valence-corrected chi connectivity index (χ4v) is 3.46. The van der Waals surface area contributed by atoms with Crippen molar-refractivity contribution in [1.82, 2.24) is 10.2 Å². The van der Waals surface area contributed by atoms with Gasteiger partial charge in [-0.05, 0) is 18.4 Å². The Morgan fingerprint density at radius 1 is 1.18 bits per heavy atom. The van der Waals surface area contributed by atoms with Crippen molar-refractivity contribution < 1.29 is 13.6 Å². The Morgan fingerprint density at radius 3 is 2.55 bits per heavy atom. The van der Waals surface area contributed by atoms with E-state index >= 15 is 0 Å². The molecule has 5 heteroatoms. The first kappa shape index (κ1) is 15.4. The third-order valence-corrected chi connectivity index (χ3v) is 4.78. The average molecular weight is 308 g/mol. The molecule has 1 aliphatic carbocycles. The molecule has 0 aromatic heterocycles. The van der Waals surface area contributed by atoms with Gasteiger partial charge in [0.15, 0.2) is 0 Å². The Labute approximate surface area is 129 Å². The summed E-state index contributed by atoms with van der Waals surface area (Å²) in [6, 6.07) is 9.93. The van der Waals surface area contributed by atoms with Gasteiger partial charge in [-0.3, -0.25) is 4.79 Å². The third-order valence-electron chi connectivity index (χ3n) is 4.78. The predicted octanol–water partition coefficient (Wildman–Crippen LogP) is 2.99. The van der Waals surface area contributed by atoms with E-state index in [1.54, 1.807) is 0 Å². The summed E-state index contributed by atoms with van der Waals surface area (Å²) in [6.07, 6.45) is 0.283. The number of alkyl halides is 2. The molecule has 2 fully saturated rings.